The number of sulfone groups is 1. The number of nitrogens with two attached hydrogens (primary N) is 2. The highest BCUT2D eigenvalue weighted by Gasteiger charge is 2.24. The topological polar surface area (TPSA) is 149 Å². The Balaban J connectivity index is 1.85. The number of hydrogen-bond acceptors (Lipinski definition) is 7. The van der Waals surface area contributed by atoms with Gasteiger partial charge in [-0.15, -0.1) is 0 Å². The Kier molecular flexibility index (Phi) is 5.99. The van der Waals surface area contributed by atoms with Crippen molar-refractivity contribution in [2.75, 3.05) is 16.9 Å². The van der Waals surface area contributed by atoms with Crippen LogP contribution in [0.4, 0.5) is 11.5 Å². The fraction of sp³-hybridized carbons (Fsp3) is 0.0833. The van der Waals surface area contributed by atoms with Gasteiger partial charge in [0.2, 0.25) is 5.91 Å². The molecule has 0 unspecified atom stereocenters. The number of primary amides is 1. The number of hydrogen-bond donors (Lipinski definition) is 2. The molecular formula is C24H21N5O4S. The Labute approximate surface area is 196 Å². The molecule has 0 saturated carbocycles. The van der Waals surface area contributed by atoms with E-state index in [1.807, 2.05) is 0 Å². The Bertz CT molecular complexity index is 1520. The molecule has 0 bridgehead atoms. The van der Waals surface area contributed by atoms with E-state index in [9.17, 15) is 18.0 Å². The molecule has 10 heteroatoms. The zero-order valence-electron chi connectivity index (χ0n) is 18.2. The van der Waals surface area contributed by atoms with Crippen LogP contribution in [-0.2, 0) is 16.4 Å². The van der Waals surface area contributed by atoms with Gasteiger partial charge in [-0.2, -0.15) is 0 Å². The highest BCUT2D eigenvalue weighted by atomic mass is 32.2. The smallest absolute Gasteiger partial charge is 0.260 e. The van der Waals surface area contributed by atoms with E-state index in [4.69, 9.17) is 11.5 Å². The van der Waals surface area contributed by atoms with E-state index in [1.54, 1.807) is 54.7 Å². The first kappa shape index (κ1) is 22.9. The van der Waals surface area contributed by atoms with Gasteiger partial charge < -0.3 is 16.4 Å². The number of benzene rings is 2. The predicted molar refractivity (Wildman–Crippen MR) is 129 cm³/mol. The monoisotopic (exact) mass is 475 g/mol. The second kappa shape index (κ2) is 8.91. The molecule has 4 rings (SSSR count). The third kappa shape index (κ3) is 4.57. The molecule has 34 heavy (non-hydrogen) atoms. The maximum Gasteiger partial charge on any atom is 0.260 e. The predicted octanol–water partition coefficient (Wildman–Crippen LogP) is 2.56. The van der Waals surface area contributed by atoms with E-state index in [0.717, 1.165) is 6.26 Å². The Morgan fingerprint density at radius 2 is 1.79 bits per heavy atom. The fourth-order valence-electron chi connectivity index (χ4n) is 3.68. The summed E-state index contributed by atoms with van der Waals surface area (Å²) in [5.74, 6) is -0.936. The first-order chi connectivity index (χ1) is 16.1. The molecule has 4 aromatic rings. The standard InChI is InChI=1S/C24H21N5O4S/c1-34(32,33)21-7-3-2-6-20(21)29(24(31)16-5-4-10-27-13-16)14-15-8-9-17-18(23(26)30)12-22(25)28-19(17)11-15/h2-13H,14H2,1H3,(H2,25,28)(H2,26,30). The normalized spacial score (nSPS) is 11.3. The van der Waals surface area contributed by atoms with Crippen molar-refractivity contribution in [2.24, 2.45) is 5.73 Å². The van der Waals surface area contributed by atoms with Crippen molar-refractivity contribution < 1.29 is 18.0 Å². The Hall–Kier alpha value is -4.31. The molecule has 0 fully saturated rings. The molecule has 2 aromatic carbocycles. The van der Waals surface area contributed by atoms with Gasteiger partial charge in [-0.1, -0.05) is 24.3 Å². The second-order valence-electron chi connectivity index (χ2n) is 7.68. The van der Waals surface area contributed by atoms with E-state index in [2.05, 4.69) is 9.97 Å². The lowest BCUT2D eigenvalue weighted by atomic mass is 10.0. The van der Waals surface area contributed by atoms with Crippen molar-refractivity contribution in [3.8, 4) is 0 Å². The number of fused-ring (bicyclic) bond motifs is 1. The first-order valence-corrected chi connectivity index (χ1v) is 12.0. The van der Waals surface area contributed by atoms with Gasteiger partial charge in [-0.25, -0.2) is 13.4 Å². The summed E-state index contributed by atoms with van der Waals surface area (Å²) < 4.78 is 24.9. The number of pyridine rings is 2. The van der Waals surface area contributed by atoms with Gasteiger partial charge in [0.25, 0.3) is 5.91 Å². The summed E-state index contributed by atoms with van der Waals surface area (Å²) in [7, 11) is -3.63. The highest BCUT2D eigenvalue weighted by Crippen LogP contribution is 2.29. The van der Waals surface area contributed by atoms with Gasteiger partial charge in [0.15, 0.2) is 9.84 Å². The molecule has 0 aliphatic carbocycles. The van der Waals surface area contributed by atoms with Crippen LogP contribution in [0.25, 0.3) is 10.9 Å². The third-order valence-corrected chi connectivity index (χ3v) is 6.35. The number of aromatic nitrogens is 2. The van der Waals surface area contributed by atoms with Crippen molar-refractivity contribution in [2.45, 2.75) is 11.4 Å². The van der Waals surface area contributed by atoms with Crippen molar-refractivity contribution in [3.05, 3.63) is 89.7 Å². The van der Waals surface area contributed by atoms with Crippen LogP contribution in [0.15, 0.2) is 78.0 Å². The van der Waals surface area contributed by atoms with Gasteiger partial charge in [-0.3, -0.25) is 14.6 Å². The van der Waals surface area contributed by atoms with E-state index < -0.39 is 21.7 Å². The van der Waals surface area contributed by atoms with E-state index >= 15 is 0 Å². The van der Waals surface area contributed by atoms with Gasteiger partial charge >= 0.3 is 0 Å². The van der Waals surface area contributed by atoms with Crippen LogP contribution in [0.2, 0.25) is 0 Å². The number of para-hydroxylation sites is 1. The van der Waals surface area contributed by atoms with Crippen molar-refractivity contribution in [1.29, 1.82) is 0 Å². The molecule has 0 aliphatic rings. The molecule has 9 nitrogen and oxygen atoms in total. The van der Waals surface area contributed by atoms with Crippen LogP contribution >= 0.6 is 0 Å². The van der Waals surface area contributed by atoms with Crippen LogP contribution in [0.3, 0.4) is 0 Å². The number of nitrogen functional groups attached to an aromatic ring is 1. The van der Waals surface area contributed by atoms with E-state index in [-0.39, 0.29) is 28.5 Å². The van der Waals surface area contributed by atoms with Crippen LogP contribution in [0.5, 0.6) is 0 Å². The molecule has 0 saturated heterocycles. The number of carbonyl (C=O) groups is 2. The molecule has 0 radical (unpaired) electrons. The molecule has 172 valence electrons. The summed E-state index contributed by atoms with van der Waals surface area (Å²) in [5.41, 5.74) is 13.1. The lowest BCUT2D eigenvalue weighted by Crippen LogP contribution is -2.31. The number of carbonyl (C=O) groups excluding carboxylic acids is 2. The summed E-state index contributed by atoms with van der Waals surface area (Å²) in [4.78, 5) is 35.0. The first-order valence-electron chi connectivity index (χ1n) is 10.1. The van der Waals surface area contributed by atoms with Gasteiger partial charge in [-0.05, 0) is 42.0 Å². The van der Waals surface area contributed by atoms with Crippen LogP contribution in [0, 0.1) is 0 Å². The van der Waals surface area contributed by atoms with Crippen molar-refractivity contribution >= 4 is 44.1 Å². The molecule has 0 spiro atoms. The molecule has 2 aromatic heterocycles. The third-order valence-electron chi connectivity index (χ3n) is 5.21. The maximum absolute atomic E-state index is 13.5. The minimum absolute atomic E-state index is 0.0198. The SMILES string of the molecule is CS(=O)(=O)c1ccccc1N(Cc1ccc2c(C(N)=O)cc(N)nc2c1)C(=O)c1cccnc1. The highest BCUT2D eigenvalue weighted by molar-refractivity contribution is 7.90. The largest absolute Gasteiger partial charge is 0.384 e. The van der Waals surface area contributed by atoms with Gasteiger partial charge in [0, 0.05) is 24.0 Å². The zero-order valence-corrected chi connectivity index (χ0v) is 19.0. The van der Waals surface area contributed by atoms with Crippen LogP contribution < -0.4 is 16.4 Å². The quantitative estimate of drug-likeness (QED) is 0.435. The molecular weight excluding hydrogens is 454 g/mol. The summed E-state index contributed by atoms with van der Waals surface area (Å²) in [6, 6.07) is 16.0. The molecule has 0 atom stereocenters. The number of amides is 2. The zero-order chi connectivity index (χ0) is 24.5. The van der Waals surface area contributed by atoms with E-state index in [1.165, 1.54) is 23.2 Å². The van der Waals surface area contributed by atoms with Crippen LogP contribution in [0.1, 0.15) is 26.3 Å². The van der Waals surface area contributed by atoms with Gasteiger partial charge in [0.05, 0.1) is 33.8 Å². The lowest BCUT2D eigenvalue weighted by molar-refractivity contribution is 0.0981. The van der Waals surface area contributed by atoms with E-state index in [0.29, 0.717) is 22.0 Å². The lowest BCUT2D eigenvalue weighted by Gasteiger charge is -2.25. The van der Waals surface area contributed by atoms with Crippen molar-refractivity contribution in [3.63, 3.8) is 0 Å². The number of nitrogens with zero attached hydrogens (tertiary/aromatic N) is 3. The fourth-order valence-corrected chi connectivity index (χ4v) is 4.57. The minimum atomic E-state index is -3.63. The van der Waals surface area contributed by atoms with Gasteiger partial charge in [0.1, 0.15) is 5.82 Å². The Morgan fingerprint density at radius 3 is 2.47 bits per heavy atom. The second-order valence-corrected chi connectivity index (χ2v) is 9.67. The van der Waals surface area contributed by atoms with Crippen LogP contribution in [-0.4, -0.2) is 36.5 Å². The summed E-state index contributed by atoms with van der Waals surface area (Å²) in [6.07, 6.45) is 4.05. The Morgan fingerprint density at radius 1 is 1.03 bits per heavy atom. The minimum Gasteiger partial charge on any atom is -0.384 e. The summed E-state index contributed by atoms with van der Waals surface area (Å²) in [6.45, 7) is 0.0264. The number of rotatable bonds is 6. The molecule has 0 aliphatic heterocycles. The molecule has 2 amide bonds. The number of anilines is 2. The van der Waals surface area contributed by atoms with Crippen molar-refractivity contribution in [1.82, 2.24) is 9.97 Å². The summed E-state index contributed by atoms with van der Waals surface area (Å²) in [5, 5.41) is 0.520. The summed E-state index contributed by atoms with van der Waals surface area (Å²) >= 11 is 0. The average Bonchev–Trinajstić information content (AvgIpc) is 2.81. The average molecular weight is 476 g/mol. The molecule has 4 N–H and O–H groups in total. The maximum atomic E-state index is 13.5. The molecule has 2 heterocycles.